The van der Waals surface area contributed by atoms with E-state index in [-0.39, 0.29) is 0 Å². The smallest absolute Gasteiger partial charge is 0.191 e. The van der Waals surface area contributed by atoms with Crippen LogP contribution in [0, 0.1) is 6.92 Å². The van der Waals surface area contributed by atoms with E-state index >= 15 is 0 Å². The molecule has 68 valence electrons. The molecule has 0 saturated heterocycles. The zero-order chi connectivity index (χ0) is 9.19. The molecule has 12 heavy (non-hydrogen) atoms. The number of aliphatic hydroxyl groups is 1. The van der Waals surface area contributed by atoms with Crippen LogP contribution >= 0.6 is 0 Å². The summed E-state index contributed by atoms with van der Waals surface area (Å²) in [5, 5.41) is 9.99. The first kappa shape index (κ1) is 9.26. The van der Waals surface area contributed by atoms with Crippen molar-refractivity contribution in [3.8, 4) is 0 Å². The molecule has 0 aromatic carbocycles. The van der Waals surface area contributed by atoms with Crippen molar-refractivity contribution < 1.29 is 9.52 Å². The van der Waals surface area contributed by atoms with Gasteiger partial charge >= 0.3 is 0 Å². The van der Waals surface area contributed by atoms with Gasteiger partial charge in [0.05, 0.1) is 0 Å². The van der Waals surface area contributed by atoms with Crippen molar-refractivity contribution in [2.75, 3.05) is 0 Å². The number of hydrogen-bond acceptors (Lipinski definition) is 3. The molecule has 0 radical (unpaired) electrons. The van der Waals surface area contributed by atoms with Gasteiger partial charge in [-0.15, -0.1) is 0 Å². The Balaban J connectivity index is 2.94. The van der Waals surface area contributed by atoms with Crippen molar-refractivity contribution in [3.63, 3.8) is 0 Å². The van der Waals surface area contributed by atoms with Gasteiger partial charge in [0, 0.05) is 6.92 Å². The second kappa shape index (κ2) is 3.27. The second-order valence-electron chi connectivity index (χ2n) is 2.99. The van der Waals surface area contributed by atoms with E-state index in [1.165, 1.54) is 6.26 Å². The average molecular weight is 169 g/mol. The minimum atomic E-state index is -0.808. The fourth-order valence-electron chi connectivity index (χ4n) is 1.19. The molecule has 1 aromatic rings. The molecule has 0 amide bonds. The summed E-state index contributed by atoms with van der Waals surface area (Å²) in [7, 11) is 0. The van der Waals surface area contributed by atoms with Crippen LogP contribution in [0.15, 0.2) is 10.7 Å². The molecule has 0 aliphatic carbocycles. The molecular formula is C9H15NO2. The first-order valence-electron chi connectivity index (χ1n) is 4.27. The molecular weight excluding hydrogens is 154 g/mol. The standard InChI is InChI=1S/C9H15NO2/c1-4-9(11,5-2)8-6-12-7(3)10-8/h6,11H,4-5H2,1-3H3. The molecule has 3 nitrogen and oxygen atoms in total. The largest absolute Gasteiger partial charge is 0.449 e. The topological polar surface area (TPSA) is 46.3 Å². The van der Waals surface area contributed by atoms with Crippen LogP contribution in [-0.2, 0) is 5.60 Å². The summed E-state index contributed by atoms with van der Waals surface area (Å²) < 4.78 is 5.04. The lowest BCUT2D eigenvalue weighted by Crippen LogP contribution is -2.23. The first-order valence-corrected chi connectivity index (χ1v) is 4.27. The molecule has 0 bridgehead atoms. The number of nitrogens with zero attached hydrogens (tertiary/aromatic N) is 1. The highest BCUT2D eigenvalue weighted by Crippen LogP contribution is 2.27. The lowest BCUT2D eigenvalue weighted by molar-refractivity contribution is 0.0239. The Labute approximate surface area is 72.4 Å². The van der Waals surface area contributed by atoms with E-state index in [9.17, 15) is 5.11 Å². The summed E-state index contributed by atoms with van der Waals surface area (Å²) in [6, 6.07) is 0. The molecule has 1 rings (SSSR count). The van der Waals surface area contributed by atoms with Crippen molar-refractivity contribution >= 4 is 0 Å². The maximum atomic E-state index is 9.99. The first-order chi connectivity index (χ1) is 5.62. The fourth-order valence-corrected chi connectivity index (χ4v) is 1.19. The SMILES string of the molecule is CCC(O)(CC)c1coc(C)n1. The minimum Gasteiger partial charge on any atom is -0.449 e. The highest BCUT2D eigenvalue weighted by Gasteiger charge is 2.27. The summed E-state index contributed by atoms with van der Waals surface area (Å²) in [5.74, 6) is 0.602. The minimum absolute atomic E-state index is 0.602. The van der Waals surface area contributed by atoms with E-state index in [0.29, 0.717) is 24.4 Å². The Morgan fingerprint density at radius 2 is 2.08 bits per heavy atom. The Hall–Kier alpha value is -0.830. The molecule has 0 unspecified atom stereocenters. The average Bonchev–Trinajstić information content (AvgIpc) is 2.51. The van der Waals surface area contributed by atoms with Crippen molar-refractivity contribution in [3.05, 3.63) is 17.8 Å². The van der Waals surface area contributed by atoms with Gasteiger partial charge in [-0.25, -0.2) is 4.98 Å². The zero-order valence-electron chi connectivity index (χ0n) is 7.79. The molecule has 0 fully saturated rings. The van der Waals surface area contributed by atoms with Crippen molar-refractivity contribution in [2.24, 2.45) is 0 Å². The molecule has 1 aromatic heterocycles. The van der Waals surface area contributed by atoms with Gasteiger partial charge < -0.3 is 9.52 Å². The van der Waals surface area contributed by atoms with Crippen LogP contribution in [0.25, 0.3) is 0 Å². The molecule has 0 aliphatic rings. The fraction of sp³-hybridized carbons (Fsp3) is 0.667. The third-order valence-corrected chi connectivity index (χ3v) is 2.27. The number of aryl methyl sites for hydroxylation is 1. The summed E-state index contributed by atoms with van der Waals surface area (Å²) in [5.41, 5.74) is -0.164. The van der Waals surface area contributed by atoms with E-state index in [1.54, 1.807) is 6.92 Å². The van der Waals surface area contributed by atoms with E-state index in [0.717, 1.165) is 0 Å². The molecule has 0 aliphatic heterocycles. The Morgan fingerprint density at radius 3 is 2.42 bits per heavy atom. The van der Waals surface area contributed by atoms with E-state index in [4.69, 9.17) is 4.42 Å². The molecule has 3 heteroatoms. The molecule has 1 N–H and O–H groups in total. The molecule has 1 heterocycles. The third kappa shape index (κ3) is 1.50. The number of hydrogen-bond donors (Lipinski definition) is 1. The van der Waals surface area contributed by atoms with Gasteiger partial charge in [-0.1, -0.05) is 13.8 Å². The quantitative estimate of drug-likeness (QED) is 0.752. The summed E-state index contributed by atoms with van der Waals surface area (Å²) >= 11 is 0. The monoisotopic (exact) mass is 169 g/mol. The Morgan fingerprint density at radius 1 is 1.50 bits per heavy atom. The highest BCUT2D eigenvalue weighted by atomic mass is 16.3. The second-order valence-corrected chi connectivity index (χ2v) is 2.99. The summed E-state index contributed by atoms with van der Waals surface area (Å²) in [6.07, 6.45) is 2.85. The summed E-state index contributed by atoms with van der Waals surface area (Å²) in [4.78, 5) is 4.11. The maximum Gasteiger partial charge on any atom is 0.191 e. The maximum absolute atomic E-state index is 9.99. The molecule has 0 atom stereocenters. The van der Waals surface area contributed by atoms with Gasteiger partial charge in [-0.3, -0.25) is 0 Å². The van der Waals surface area contributed by atoms with Crippen molar-refractivity contribution in [1.82, 2.24) is 4.98 Å². The molecule has 0 saturated carbocycles. The Kier molecular flexibility index (Phi) is 2.52. The van der Waals surface area contributed by atoms with Crippen molar-refractivity contribution in [2.45, 2.75) is 39.2 Å². The number of aromatic nitrogens is 1. The van der Waals surface area contributed by atoms with Gasteiger partial charge in [-0.2, -0.15) is 0 Å². The lowest BCUT2D eigenvalue weighted by atomic mass is 9.94. The van der Waals surface area contributed by atoms with Crippen LogP contribution in [-0.4, -0.2) is 10.1 Å². The van der Waals surface area contributed by atoms with E-state index in [1.807, 2.05) is 13.8 Å². The van der Waals surface area contributed by atoms with Crippen LogP contribution < -0.4 is 0 Å². The van der Waals surface area contributed by atoms with Crippen LogP contribution in [0.5, 0.6) is 0 Å². The molecule has 0 spiro atoms. The van der Waals surface area contributed by atoms with Gasteiger partial charge in [0.2, 0.25) is 0 Å². The van der Waals surface area contributed by atoms with Crippen molar-refractivity contribution in [1.29, 1.82) is 0 Å². The number of rotatable bonds is 3. The van der Waals surface area contributed by atoms with Crippen LogP contribution in [0.2, 0.25) is 0 Å². The highest BCUT2D eigenvalue weighted by molar-refractivity contribution is 5.07. The Bertz CT molecular complexity index is 251. The predicted molar refractivity (Wildman–Crippen MR) is 45.7 cm³/mol. The van der Waals surface area contributed by atoms with E-state index < -0.39 is 5.60 Å². The lowest BCUT2D eigenvalue weighted by Gasteiger charge is -2.21. The van der Waals surface area contributed by atoms with Crippen LogP contribution in [0.4, 0.5) is 0 Å². The van der Waals surface area contributed by atoms with Crippen LogP contribution in [0.1, 0.15) is 38.3 Å². The normalized spacial score (nSPS) is 12.0. The van der Waals surface area contributed by atoms with Crippen LogP contribution in [0.3, 0.4) is 0 Å². The van der Waals surface area contributed by atoms with Gasteiger partial charge in [-0.05, 0) is 12.8 Å². The van der Waals surface area contributed by atoms with Gasteiger partial charge in [0.1, 0.15) is 17.6 Å². The van der Waals surface area contributed by atoms with Gasteiger partial charge in [0.25, 0.3) is 0 Å². The third-order valence-electron chi connectivity index (χ3n) is 2.27. The zero-order valence-corrected chi connectivity index (χ0v) is 7.79. The predicted octanol–water partition coefficient (Wildman–Crippen LogP) is 1.99. The summed E-state index contributed by atoms with van der Waals surface area (Å²) in [6.45, 7) is 5.65. The van der Waals surface area contributed by atoms with Gasteiger partial charge in [0.15, 0.2) is 5.89 Å². The number of oxazole rings is 1. The van der Waals surface area contributed by atoms with E-state index in [2.05, 4.69) is 4.98 Å².